The summed E-state index contributed by atoms with van der Waals surface area (Å²) in [7, 11) is 0. The van der Waals surface area contributed by atoms with Gasteiger partial charge in [0, 0.05) is 24.8 Å². The lowest BCUT2D eigenvalue weighted by Gasteiger charge is -2.20. The van der Waals surface area contributed by atoms with Crippen LogP contribution in [-0.4, -0.2) is 19.8 Å². The van der Waals surface area contributed by atoms with Crippen LogP contribution >= 0.6 is 15.9 Å². The van der Waals surface area contributed by atoms with Gasteiger partial charge in [-0.2, -0.15) is 0 Å². The Hall–Kier alpha value is -0.450. The lowest BCUT2D eigenvalue weighted by molar-refractivity contribution is 0.136. The van der Waals surface area contributed by atoms with Crippen molar-refractivity contribution in [3.63, 3.8) is 0 Å². The summed E-state index contributed by atoms with van der Waals surface area (Å²) in [6, 6.07) is 5.43. The number of ether oxygens (including phenoxy) is 1. The Morgan fingerprint density at radius 2 is 2.17 bits per heavy atom. The Balaban J connectivity index is 2.76. The SMILES string of the molecule is CCCNC(CCOCC)c1cccc(Br)c1F. The normalized spacial score (nSPS) is 12.7. The first kappa shape index (κ1) is 15.6. The number of hydrogen-bond donors (Lipinski definition) is 1. The first-order valence-corrected chi connectivity index (χ1v) is 7.25. The number of rotatable bonds is 8. The van der Waals surface area contributed by atoms with Crippen LogP contribution in [0.5, 0.6) is 0 Å². The molecule has 2 nitrogen and oxygen atoms in total. The minimum atomic E-state index is -0.178. The molecule has 1 unspecified atom stereocenters. The van der Waals surface area contributed by atoms with E-state index in [-0.39, 0.29) is 11.9 Å². The third-order valence-electron chi connectivity index (χ3n) is 2.75. The van der Waals surface area contributed by atoms with Crippen molar-refractivity contribution in [1.29, 1.82) is 0 Å². The highest BCUT2D eigenvalue weighted by Gasteiger charge is 2.16. The van der Waals surface area contributed by atoms with E-state index in [4.69, 9.17) is 4.74 Å². The minimum absolute atomic E-state index is 0.00833. The second-order valence-electron chi connectivity index (χ2n) is 4.14. The van der Waals surface area contributed by atoms with Crippen LogP contribution in [0.25, 0.3) is 0 Å². The van der Waals surface area contributed by atoms with Crippen molar-refractivity contribution in [2.45, 2.75) is 32.7 Å². The molecule has 0 heterocycles. The first-order valence-electron chi connectivity index (χ1n) is 6.45. The molecule has 0 aliphatic rings. The van der Waals surface area contributed by atoms with Gasteiger partial charge in [-0.1, -0.05) is 19.1 Å². The maximum atomic E-state index is 14.1. The molecule has 0 aliphatic heterocycles. The topological polar surface area (TPSA) is 21.3 Å². The predicted octanol–water partition coefficient (Wildman–Crippen LogP) is 4.06. The zero-order valence-electron chi connectivity index (χ0n) is 11.0. The van der Waals surface area contributed by atoms with E-state index in [9.17, 15) is 4.39 Å². The molecule has 0 fully saturated rings. The van der Waals surface area contributed by atoms with E-state index in [1.54, 1.807) is 6.07 Å². The van der Waals surface area contributed by atoms with Crippen LogP contribution in [0.2, 0.25) is 0 Å². The predicted molar refractivity (Wildman–Crippen MR) is 76.2 cm³/mol. The van der Waals surface area contributed by atoms with Crippen molar-refractivity contribution in [2.75, 3.05) is 19.8 Å². The molecule has 0 aromatic heterocycles. The minimum Gasteiger partial charge on any atom is -0.382 e. The molecule has 0 bridgehead atoms. The highest BCUT2D eigenvalue weighted by molar-refractivity contribution is 9.10. The van der Waals surface area contributed by atoms with Crippen molar-refractivity contribution in [3.8, 4) is 0 Å². The summed E-state index contributed by atoms with van der Waals surface area (Å²) in [4.78, 5) is 0. The Morgan fingerprint density at radius 3 is 2.83 bits per heavy atom. The van der Waals surface area contributed by atoms with E-state index < -0.39 is 0 Å². The first-order chi connectivity index (χ1) is 8.70. The standard InChI is InChI=1S/C14H21BrFNO/c1-3-9-17-13(8-10-18-4-2)11-6-5-7-12(15)14(11)16/h5-7,13,17H,3-4,8-10H2,1-2H3. The molecule has 4 heteroatoms. The fraction of sp³-hybridized carbons (Fsp3) is 0.571. The second kappa shape index (κ2) is 8.62. The van der Waals surface area contributed by atoms with Crippen molar-refractivity contribution in [1.82, 2.24) is 5.32 Å². The molecule has 0 radical (unpaired) electrons. The van der Waals surface area contributed by atoms with Crippen molar-refractivity contribution in [2.24, 2.45) is 0 Å². The monoisotopic (exact) mass is 317 g/mol. The van der Waals surface area contributed by atoms with E-state index in [1.165, 1.54) is 0 Å². The average Bonchev–Trinajstić information content (AvgIpc) is 2.37. The lowest BCUT2D eigenvalue weighted by Crippen LogP contribution is -2.24. The molecule has 1 rings (SSSR count). The number of benzene rings is 1. The summed E-state index contributed by atoms with van der Waals surface area (Å²) in [5, 5.41) is 3.37. The van der Waals surface area contributed by atoms with Gasteiger partial charge in [0.15, 0.2) is 0 Å². The third-order valence-corrected chi connectivity index (χ3v) is 3.37. The van der Waals surface area contributed by atoms with E-state index >= 15 is 0 Å². The molecule has 0 saturated carbocycles. The molecule has 1 N–H and O–H groups in total. The molecule has 0 aliphatic carbocycles. The maximum absolute atomic E-state index is 14.1. The van der Waals surface area contributed by atoms with Gasteiger partial charge in [-0.15, -0.1) is 0 Å². The molecule has 0 saturated heterocycles. The summed E-state index contributed by atoms with van der Waals surface area (Å²) in [6.45, 7) is 6.28. The van der Waals surface area contributed by atoms with Crippen LogP contribution in [-0.2, 0) is 4.74 Å². The van der Waals surface area contributed by atoms with Crippen LogP contribution in [0, 0.1) is 5.82 Å². The summed E-state index contributed by atoms with van der Waals surface area (Å²) in [6.07, 6.45) is 1.81. The van der Waals surface area contributed by atoms with Gasteiger partial charge >= 0.3 is 0 Å². The molecular formula is C14H21BrFNO. The van der Waals surface area contributed by atoms with Gasteiger partial charge in [0.05, 0.1) is 4.47 Å². The molecule has 1 aromatic carbocycles. The van der Waals surface area contributed by atoms with Crippen molar-refractivity contribution >= 4 is 15.9 Å². The smallest absolute Gasteiger partial charge is 0.142 e. The Kier molecular flexibility index (Phi) is 7.47. The van der Waals surface area contributed by atoms with E-state index in [1.807, 2.05) is 19.1 Å². The third kappa shape index (κ3) is 4.67. The average molecular weight is 318 g/mol. The Bertz CT molecular complexity index is 360. The van der Waals surface area contributed by atoms with E-state index in [0.717, 1.165) is 19.4 Å². The summed E-state index contributed by atoms with van der Waals surface area (Å²) in [5.41, 5.74) is 0.706. The Morgan fingerprint density at radius 1 is 1.39 bits per heavy atom. The second-order valence-corrected chi connectivity index (χ2v) is 4.99. The number of nitrogens with one attached hydrogen (secondary N) is 1. The molecule has 1 atom stereocenters. The summed E-state index contributed by atoms with van der Waals surface area (Å²) < 4.78 is 19.9. The van der Waals surface area contributed by atoms with Crippen LogP contribution in [0.1, 0.15) is 38.3 Å². The van der Waals surface area contributed by atoms with Gasteiger partial charge in [0.25, 0.3) is 0 Å². The highest BCUT2D eigenvalue weighted by Crippen LogP contribution is 2.25. The van der Waals surface area contributed by atoms with Crippen LogP contribution in [0.3, 0.4) is 0 Å². The van der Waals surface area contributed by atoms with Gasteiger partial charge in [-0.05, 0) is 48.3 Å². The highest BCUT2D eigenvalue weighted by atomic mass is 79.9. The molecule has 18 heavy (non-hydrogen) atoms. The van der Waals surface area contributed by atoms with Crippen LogP contribution in [0.15, 0.2) is 22.7 Å². The lowest BCUT2D eigenvalue weighted by atomic mass is 10.0. The molecule has 0 spiro atoms. The van der Waals surface area contributed by atoms with Crippen LogP contribution < -0.4 is 5.32 Å². The van der Waals surface area contributed by atoms with Crippen molar-refractivity contribution in [3.05, 3.63) is 34.1 Å². The largest absolute Gasteiger partial charge is 0.382 e. The quantitative estimate of drug-likeness (QED) is 0.730. The van der Waals surface area contributed by atoms with Crippen molar-refractivity contribution < 1.29 is 9.13 Å². The Labute approximate surface area is 117 Å². The number of hydrogen-bond acceptors (Lipinski definition) is 2. The maximum Gasteiger partial charge on any atom is 0.142 e. The summed E-state index contributed by atoms with van der Waals surface area (Å²) >= 11 is 3.23. The van der Waals surface area contributed by atoms with Gasteiger partial charge < -0.3 is 10.1 Å². The van der Waals surface area contributed by atoms with Gasteiger partial charge in [0.1, 0.15) is 5.82 Å². The zero-order valence-corrected chi connectivity index (χ0v) is 12.6. The zero-order chi connectivity index (χ0) is 13.4. The number of halogens is 2. The van der Waals surface area contributed by atoms with Crippen LogP contribution in [0.4, 0.5) is 4.39 Å². The molecule has 0 amide bonds. The molecule has 1 aromatic rings. The van der Waals surface area contributed by atoms with Gasteiger partial charge in [-0.25, -0.2) is 4.39 Å². The van der Waals surface area contributed by atoms with E-state index in [2.05, 4.69) is 28.2 Å². The molecule has 102 valence electrons. The van der Waals surface area contributed by atoms with Gasteiger partial charge in [-0.3, -0.25) is 0 Å². The fourth-order valence-corrected chi connectivity index (χ4v) is 2.20. The summed E-state index contributed by atoms with van der Waals surface area (Å²) in [5.74, 6) is -0.178. The molecular weight excluding hydrogens is 297 g/mol. The van der Waals surface area contributed by atoms with E-state index in [0.29, 0.717) is 23.2 Å². The van der Waals surface area contributed by atoms with Gasteiger partial charge in [0.2, 0.25) is 0 Å². The fourth-order valence-electron chi connectivity index (χ4n) is 1.82.